The molecular weight excluding hydrogens is 513 g/mol. The SMILES string of the molecule is CCc1sc(Nc2cc(Cl)c(Cl)cc2Cl)nc1-c1ccc(N(CC)CC)c(Br)c1. The number of benzene rings is 2. The van der Waals surface area contributed by atoms with Gasteiger partial charge >= 0.3 is 0 Å². The molecule has 1 heterocycles. The molecule has 0 aliphatic carbocycles. The van der Waals surface area contributed by atoms with Gasteiger partial charge in [-0.3, -0.25) is 0 Å². The second-order valence-electron chi connectivity index (χ2n) is 6.35. The molecule has 0 radical (unpaired) electrons. The zero-order valence-electron chi connectivity index (χ0n) is 16.3. The van der Waals surface area contributed by atoms with Crippen molar-refractivity contribution in [1.29, 1.82) is 0 Å². The molecule has 0 atom stereocenters. The Hall–Kier alpha value is -0.980. The summed E-state index contributed by atoms with van der Waals surface area (Å²) < 4.78 is 1.07. The number of aromatic nitrogens is 1. The zero-order chi connectivity index (χ0) is 21.1. The predicted molar refractivity (Wildman–Crippen MR) is 133 cm³/mol. The molecule has 3 nitrogen and oxygen atoms in total. The number of anilines is 3. The summed E-state index contributed by atoms with van der Waals surface area (Å²) in [6.07, 6.45) is 0.888. The van der Waals surface area contributed by atoms with Crippen LogP contribution < -0.4 is 10.2 Å². The quantitative estimate of drug-likeness (QED) is 0.308. The molecular formula is C21H21BrCl3N3S. The Labute approximate surface area is 199 Å². The minimum absolute atomic E-state index is 0.425. The molecule has 2 aromatic carbocycles. The van der Waals surface area contributed by atoms with Crippen molar-refractivity contribution >= 4 is 78.6 Å². The minimum atomic E-state index is 0.425. The second kappa shape index (κ2) is 9.88. The first-order chi connectivity index (χ1) is 13.9. The summed E-state index contributed by atoms with van der Waals surface area (Å²) in [7, 11) is 0. The van der Waals surface area contributed by atoms with E-state index >= 15 is 0 Å². The number of thiazole rings is 1. The lowest BCUT2D eigenvalue weighted by Gasteiger charge is -2.22. The fourth-order valence-electron chi connectivity index (χ4n) is 3.08. The van der Waals surface area contributed by atoms with Crippen molar-refractivity contribution in [3.63, 3.8) is 0 Å². The molecule has 3 rings (SSSR count). The molecule has 3 aromatic rings. The molecule has 0 spiro atoms. The highest BCUT2D eigenvalue weighted by atomic mass is 79.9. The number of aryl methyl sites for hydroxylation is 1. The van der Waals surface area contributed by atoms with Crippen molar-refractivity contribution in [3.8, 4) is 11.3 Å². The standard InChI is InChI=1S/C21H21BrCl3N3S/c1-4-19-20(12-7-8-18(13(22)9-12)28(5-2)6-3)27-21(29-19)26-17-11-15(24)14(23)10-16(17)25/h7-11H,4-6H2,1-3H3,(H,26,27). The molecule has 0 amide bonds. The lowest BCUT2D eigenvalue weighted by molar-refractivity contribution is 0.864. The molecule has 8 heteroatoms. The van der Waals surface area contributed by atoms with Gasteiger partial charge in [-0.2, -0.15) is 0 Å². The summed E-state index contributed by atoms with van der Waals surface area (Å²) >= 11 is 23.8. The summed E-state index contributed by atoms with van der Waals surface area (Å²) in [5.74, 6) is 0. The Bertz CT molecular complexity index is 1020. The van der Waals surface area contributed by atoms with Crippen LogP contribution in [0.5, 0.6) is 0 Å². The molecule has 0 fully saturated rings. The van der Waals surface area contributed by atoms with Crippen LogP contribution in [0.4, 0.5) is 16.5 Å². The molecule has 0 aliphatic rings. The third kappa shape index (κ3) is 5.02. The van der Waals surface area contributed by atoms with Crippen LogP contribution in [-0.2, 0) is 6.42 Å². The summed E-state index contributed by atoms with van der Waals surface area (Å²) in [6.45, 7) is 8.37. The van der Waals surface area contributed by atoms with Crippen LogP contribution in [-0.4, -0.2) is 18.1 Å². The smallest absolute Gasteiger partial charge is 0.188 e. The van der Waals surface area contributed by atoms with Crippen LogP contribution in [0.2, 0.25) is 15.1 Å². The lowest BCUT2D eigenvalue weighted by Crippen LogP contribution is -2.22. The summed E-state index contributed by atoms with van der Waals surface area (Å²) in [5.41, 5.74) is 3.92. The van der Waals surface area contributed by atoms with E-state index in [0.29, 0.717) is 20.8 Å². The van der Waals surface area contributed by atoms with Gasteiger partial charge < -0.3 is 10.2 Å². The molecule has 1 aromatic heterocycles. The Morgan fingerprint density at radius 3 is 2.31 bits per heavy atom. The first-order valence-corrected chi connectivity index (χ1v) is 12.1. The fraction of sp³-hybridized carbons (Fsp3) is 0.286. The molecule has 0 saturated carbocycles. The Kier molecular flexibility index (Phi) is 7.74. The van der Waals surface area contributed by atoms with Gasteiger partial charge in [0.05, 0.1) is 32.1 Å². The molecule has 0 bridgehead atoms. The first kappa shape index (κ1) is 22.7. The van der Waals surface area contributed by atoms with E-state index in [1.54, 1.807) is 23.5 Å². The van der Waals surface area contributed by atoms with E-state index in [4.69, 9.17) is 39.8 Å². The van der Waals surface area contributed by atoms with Gasteiger partial charge in [-0.15, -0.1) is 11.3 Å². The average Bonchev–Trinajstić information content (AvgIpc) is 3.11. The van der Waals surface area contributed by atoms with Crippen LogP contribution in [0.3, 0.4) is 0 Å². The maximum Gasteiger partial charge on any atom is 0.188 e. The topological polar surface area (TPSA) is 28.2 Å². The molecule has 29 heavy (non-hydrogen) atoms. The van der Waals surface area contributed by atoms with Gasteiger partial charge in [0.1, 0.15) is 0 Å². The number of hydrogen-bond acceptors (Lipinski definition) is 4. The van der Waals surface area contributed by atoms with Crippen molar-refractivity contribution in [1.82, 2.24) is 4.98 Å². The van der Waals surface area contributed by atoms with E-state index in [9.17, 15) is 0 Å². The molecule has 0 unspecified atom stereocenters. The summed E-state index contributed by atoms with van der Waals surface area (Å²) in [6, 6.07) is 9.76. The van der Waals surface area contributed by atoms with Crippen LogP contribution in [0.1, 0.15) is 25.6 Å². The van der Waals surface area contributed by atoms with Gasteiger partial charge in [0.2, 0.25) is 0 Å². The van der Waals surface area contributed by atoms with E-state index in [1.807, 2.05) is 0 Å². The van der Waals surface area contributed by atoms with Crippen LogP contribution in [0.25, 0.3) is 11.3 Å². The second-order valence-corrected chi connectivity index (χ2v) is 9.51. The molecule has 154 valence electrons. The highest BCUT2D eigenvalue weighted by Crippen LogP contribution is 2.39. The van der Waals surface area contributed by atoms with Crippen LogP contribution in [0.15, 0.2) is 34.8 Å². The molecule has 0 saturated heterocycles. The number of nitrogens with zero attached hydrogens (tertiary/aromatic N) is 2. The third-order valence-corrected chi connectivity index (χ3v) is 7.38. The highest BCUT2D eigenvalue weighted by Gasteiger charge is 2.16. The van der Waals surface area contributed by atoms with Crippen molar-refractivity contribution in [2.45, 2.75) is 27.2 Å². The highest BCUT2D eigenvalue weighted by molar-refractivity contribution is 9.10. The fourth-order valence-corrected chi connectivity index (χ4v) is 5.24. The monoisotopic (exact) mass is 531 g/mol. The zero-order valence-corrected chi connectivity index (χ0v) is 21.0. The minimum Gasteiger partial charge on any atom is -0.371 e. The maximum absolute atomic E-state index is 6.30. The van der Waals surface area contributed by atoms with Gasteiger partial charge in [0.25, 0.3) is 0 Å². The number of rotatable bonds is 7. The first-order valence-electron chi connectivity index (χ1n) is 9.34. The van der Waals surface area contributed by atoms with E-state index in [-0.39, 0.29) is 0 Å². The Morgan fingerprint density at radius 2 is 1.69 bits per heavy atom. The molecule has 1 N–H and O–H groups in total. The van der Waals surface area contributed by atoms with Gasteiger partial charge in [-0.25, -0.2) is 4.98 Å². The predicted octanol–water partition coefficient (Wildman–Crippen LogP) is 8.69. The average molecular weight is 534 g/mol. The number of nitrogens with one attached hydrogen (secondary N) is 1. The van der Waals surface area contributed by atoms with Gasteiger partial charge in [-0.05, 0) is 60.5 Å². The summed E-state index contributed by atoms with van der Waals surface area (Å²) in [4.78, 5) is 8.35. The van der Waals surface area contributed by atoms with Crippen LogP contribution >= 0.6 is 62.1 Å². The normalized spacial score (nSPS) is 11.0. The molecule has 0 aliphatic heterocycles. The van der Waals surface area contributed by atoms with Gasteiger partial charge in [0, 0.05) is 28.0 Å². The Balaban J connectivity index is 1.95. The van der Waals surface area contributed by atoms with Crippen molar-refractivity contribution in [3.05, 3.63) is 54.7 Å². The maximum atomic E-state index is 6.30. The third-order valence-electron chi connectivity index (χ3n) is 4.60. The van der Waals surface area contributed by atoms with Gasteiger partial charge in [0.15, 0.2) is 5.13 Å². The van der Waals surface area contributed by atoms with E-state index in [1.165, 1.54) is 10.6 Å². The van der Waals surface area contributed by atoms with E-state index in [2.05, 4.69) is 65.1 Å². The van der Waals surface area contributed by atoms with Gasteiger partial charge in [-0.1, -0.05) is 47.8 Å². The van der Waals surface area contributed by atoms with E-state index < -0.39 is 0 Å². The largest absolute Gasteiger partial charge is 0.371 e. The van der Waals surface area contributed by atoms with Crippen molar-refractivity contribution in [2.24, 2.45) is 0 Å². The lowest BCUT2D eigenvalue weighted by atomic mass is 10.1. The number of hydrogen-bond donors (Lipinski definition) is 1. The van der Waals surface area contributed by atoms with Crippen molar-refractivity contribution < 1.29 is 0 Å². The Morgan fingerprint density at radius 1 is 1.00 bits per heavy atom. The van der Waals surface area contributed by atoms with Crippen LogP contribution in [0, 0.1) is 0 Å². The number of halogens is 4. The van der Waals surface area contributed by atoms with E-state index in [0.717, 1.165) is 40.4 Å². The van der Waals surface area contributed by atoms with Crippen molar-refractivity contribution in [2.75, 3.05) is 23.3 Å². The summed E-state index contributed by atoms with van der Waals surface area (Å²) in [5, 5.41) is 5.42.